The molecule has 2 aromatic rings. The molecule has 2 aromatic carbocycles. The van der Waals surface area contributed by atoms with Crippen LogP contribution in [0.2, 0.25) is 5.02 Å². The Morgan fingerprint density at radius 1 is 1.12 bits per heavy atom. The van der Waals surface area contributed by atoms with Crippen LogP contribution in [-0.4, -0.2) is 25.0 Å². The second kappa shape index (κ2) is 8.18. The molecule has 2 atom stereocenters. The van der Waals surface area contributed by atoms with E-state index in [-0.39, 0.29) is 17.5 Å². The lowest BCUT2D eigenvalue weighted by Gasteiger charge is -2.13. The number of hydrazine groups is 2. The average Bonchev–Trinajstić information content (AvgIpc) is 3.16. The van der Waals surface area contributed by atoms with Crippen LogP contribution in [0.5, 0.6) is 5.75 Å². The lowest BCUT2D eigenvalue weighted by Crippen LogP contribution is -2.50. The zero-order valence-electron chi connectivity index (χ0n) is 14.1. The first kappa shape index (κ1) is 18.2. The van der Waals surface area contributed by atoms with Crippen LogP contribution in [0.15, 0.2) is 48.5 Å². The summed E-state index contributed by atoms with van der Waals surface area (Å²) >= 11 is 5.88. The zero-order valence-corrected chi connectivity index (χ0v) is 14.8. The van der Waals surface area contributed by atoms with E-state index in [0.29, 0.717) is 17.2 Å². The summed E-state index contributed by atoms with van der Waals surface area (Å²) in [7, 11) is 1.44. The molecule has 1 aliphatic rings. The maximum Gasteiger partial charge on any atom is 0.273 e. The number of rotatable bonds is 4. The normalized spacial score (nSPS) is 19.0. The van der Waals surface area contributed by atoms with Crippen LogP contribution >= 0.6 is 11.6 Å². The Morgan fingerprint density at radius 2 is 1.88 bits per heavy atom. The molecule has 2 unspecified atom stereocenters. The van der Waals surface area contributed by atoms with E-state index >= 15 is 0 Å². The summed E-state index contributed by atoms with van der Waals surface area (Å²) in [5.74, 6) is -0.497. The first-order valence-corrected chi connectivity index (χ1v) is 8.46. The summed E-state index contributed by atoms with van der Waals surface area (Å²) in [6.07, 6.45) is 0.565. The number of hydrogen-bond acceptors (Lipinski definition) is 5. The molecular formula is C18H19ClN4O3. The van der Waals surface area contributed by atoms with Crippen LogP contribution in [-0.2, 0) is 4.79 Å². The molecule has 136 valence electrons. The highest BCUT2D eigenvalue weighted by Crippen LogP contribution is 2.23. The molecule has 0 saturated carbocycles. The minimum absolute atomic E-state index is 0.0269. The van der Waals surface area contributed by atoms with Crippen LogP contribution in [0.25, 0.3) is 0 Å². The number of hydrogen-bond donors (Lipinski definition) is 4. The Hall–Kier alpha value is -2.61. The Labute approximate surface area is 156 Å². The standard InChI is InChI=1S/C18H19ClN4O3/c1-26-16-9-12(19)7-8-13(16)17(24)22-23-18(25)15-10-14(20-21-15)11-5-3-2-4-6-11/h2-9,14-15,20-21H,10H2,1H3,(H,22,24)(H,23,25). The van der Waals surface area contributed by atoms with Gasteiger partial charge in [0.25, 0.3) is 11.8 Å². The predicted octanol–water partition coefficient (Wildman–Crippen LogP) is 1.72. The minimum Gasteiger partial charge on any atom is -0.496 e. The summed E-state index contributed by atoms with van der Waals surface area (Å²) < 4.78 is 5.14. The van der Waals surface area contributed by atoms with Gasteiger partial charge in [-0.3, -0.25) is 20.4 Å². The number of carbonyl (C=O) groups is 2. The maximum atomic E-state index is 12.3. The van der Waals surface area contributed by atoms with Crippen LogP contribution in [0, 0.1) is 0 Å². The monoisotopic (exact) mass is 374 g/mol. The van der Waals surface area contributed by atoms with Crippen LogP contribution in [0.3, 0.4) is 0 Å². The lowest BCUT2D eigenvalue weighted by molar-refractivity contribution is -0.123. The van der Waals surface area contributed by atoms with Crippen molar-refractivity contribution in [3.63, 3.8) is 0 Å². The summed E-state index contributed by atoms with van der Waals surface area (Å²) in [4.78, 5) is 24.5. The van der Waals surface area contributed by atoms with Gasteiger partial charge in [0.15, 0.2) is 0 Å². The molecule has 8 heteroatoms. The smallest absolute Gasteiger partial charge is 0.273 e. The van der Waals surface area contributed by atoms with Gasteiger partial charge in [-0.05, 0) is 30.2 Å². The van der Waals surface area contributed by atoms with E-state index < -0.39 is 11.9 Å². The van der Waals surface area contributed by atoms with E-state index in [4.69, 9.17) is 16.3 Å². The predicted molar refractivity (Wildman–Crippen MR) is 97.5 cm³/mol. The van der Waals surface area contributed by atoms with Crippen molar-refractivity contribution in [2.24, 2.45) is 0 Å². The molecule has 4 N–H and O–H groups in total. The van der Waals surface area contributed by atoms with E-state index in [1.165, 1.54) is 19.2 Å². The molecular weight excluding hydrogens is 356 g/mol. The fourth-order valence-electron chi connectivity index (χ4n) is 2.76. The van der Waals surface area contributed by atoms with Gasteiger partial charge in [0.2, 0.25) is 0 Å². The molecule has 7 nitrogen and oxygen atoms in total. The quantitative estimate of drug-likeness (QED) is 0.612. The summed E-state index contributed by atoms with van der Waals surface area (Å²) in [5, 5.41) is 0.454. The van der Waals surface area contributed by atoms with E-state index in [2.05, 4.69) is 21.7 Å². The van der Waals surface area contributed by atoms with Gasteiger partial charge in [-0.2, -0.15) is 0 Å². The Balaban J connectivity index is 1.55. The van der Waals surface area contributed by atoms with Crippen LogP contribution < -0.4 is 26.4 Å². The van der Waals surface area contributed by atoms with Gasteiger partial charge in [0, 0.05) is 11.1 Å². The summed E-state index contributed by atoms with van der Waals surface area (Å²) in [5.41, 5.74) is 12.2. The van der Waals surface area contributed by atoms with Gasteiger partial charge < -0.3 is 4.74 Å². The third-order valence-corrected chi connectivity index (χ3v) is 4.36. The molecule has 1 fully saturated rings. The number of ether oxygens (including phenoxy) is 1. The Morgan fingerprint density at radius 3 is 2.62 bits per heavy atom. The van der Waals surface area contributed by atoms with Crippen molar-refractivity contribution in [3.05, 3.63) is 64.7 Å². The molecule has 0 aliphatic carbocycles. The van der Waals surface area contributed by atoms with Gasteiger partial charge in [-0.15, -0.1) is 0 Å². The first-order chi connectivity index (χ1) is 12.6. The molecule has 26 heavy (non-hydrogen) atoms. The van der Waals surface area contributed by atoms with Crippen molar-refractivity contribution < 1.29 is 14.3 Å². The number of nitrogens with one attached hydrogen (secondary N) is 4. The van der Waals surface area contributed by atoms with Crippen molar-refractivity contribution in [1.29, 1.82) is 0 Å². The number of amides is 2. The fourth-order valence-corrected chi connectivity index (χ4v) is 2.92. The Bertz CT molecular complexity index is 800. The van der Waals surface area contributed by atoms with E-state index in [1.807, 2.05) is 30.3 Å². The minimum atomic E-state index is -0.488. The van der Waals surface area contributed by atoms with Gasteiger partial charge in [0.1, 0.15) is 11.8 Å². The molecule has 2 amide bonds. The third-order valence-electron chi connectivity index (χ3n) is 4.13. The molecule has 0 aromatic heterocycles. The van der Waals surface area contributed by atoms with Gasteiger partial charge in [0.05, 0.1) is 12.7 Å². The van der Waals surface area contributed by atoms with Gasteiger partial charge in [-0.1, -0.05) is 41.9 Å². The third kappa shape index (κ3) is 4.13. The summed E-state index contributed by atoms with van der Waals surface area (Å²) in [6, 6.07) is 14.0. The number of halogens is 1. The highest BCUT2D eigenvalue weighted by Gasteiger charge is 2.30. The SMILES string of the molecule is COc1cc(Cl)ccc1C(=O)NNC(=O)C1CC(c2ccccc2)NN1. The zero-order chi connectivity index (χ0) is 18.5. The first-order valence-electron chi connectivity index (χ1n) is 8.08. The average molecular weight is 375 g/mol. The Kier molecular flexibility index (Phi) is 5.72. The number of carbonyl (C=O) groups excluding carboxylic acids is 2. The molecule has 0 radical (unpaired) electrons. The van der Waals surface area contributed by atoms with E-state index in [1.54, 1.807) is 6.07 Å². The van der Waals surface area contributed by atoms with Gasteiger partial charge in [-0.25, -0.2) is 10.9 Å². The second-order valence-electron chi connectivity index (χ2n) is 5.83. The molecule has 3 rings (SSSR count). The largest absolute Gasteiger partial charge is 0.496 e. The maximum absolute atomic E-state index is 12.3. The highest BCUT2D eigenvalue weighted by atomic mass is 35.5. The van der Waals surface area contributed by atoms with Crippen molar-refractivity contribution in [3.8, 4) is 5.75 Å². The van der Waals surface area contributed by atoms with Crippen molar-refractivity contribution >= 4 is 23.4 Å². The highest BCUT2D eigenvalue weighted by molar-refractivity contribution is 6.30. The van der Waals surface area contributed by atoms with Crippen molar-refractivity contribution in [2.45, 2.75) is 18.5 Å². The van der Waals surface area contributed by atoms with E-state index in [0.717, 1.165) is 5.56 Å². The molecule has 1 heterocycles. The lowest BCUT2D eigenvalue weighted by atomic mass is 10.0. The fraction of sp³-hybridized carbons (Fsp3) is 0.222. The second-order valence-corrected chi connectivity index (χ2v) is 6.26. The van der Waals surface area contributed by atoms with Crippen molar-refractivity contribution in [1.82, 2.24) is 21.7 Å². The molecule has 1 aliphatic heterocycles. The molecule has 0 bridgehead atoms. The van der Waals surface area contributed by atoms with Crippen LogP contribution in [0.1, 0.15) is 28.4 Å². The summed E-state index contributed by atoms with van der Waals surface area (Å²) in [6.45, 7) is 0. The topological polar surface area (TPSA) is 91.5 Å². The van der Waals surface area contributed by atoms with E-state index in [9.17, 15) is 9.59 Å². The number of methoxy groups -OCH3 is 1. The van der Waals surface area contributed by atoms with Gasteiger partial charge >= 0.3 is 0 Å². The van der Waals surface area contributed by atoms with Crippen molar-refractivity contribution in [2.75, 3.05) is 7.11 Å². The number of benzene rings is 2. The molecule has 0 spiro atoms. The van der Waals surface area contributed by atoms with Crippen LogP contribution in [0.4, 0.5) is 0 Å². The molecule has 1 saturated heterocycles.